The summed E-state index contributed by atoms with van der Waals surface area (Å²) < 4.78 is 52.0. The number of anilines is 3. The van der Waals surface area contributed by atoms with Crippen molar-refractivity contribution in [3.8, 4) is 12.1 Å². The summed E-state index contributed by atoms with van der Waals surface area (Å²) >= 11 is 5.20. The third kappa shape index (κ3) is 2.83. The van der Waals surface area contributed by atoms with E-state index in [1.54, 1.807) is 6.07 Å². The van der Waals surface area contributed by atoms with Gasteiger partial charge >= 0.3 is 6.18 Å². The second-order valence-corrected chi connectivity index (χ2v) is 5.77. The molecule has 2 aliphatic rings. The van der Waals surface area contributed by atoms with Gasteiger partial charge in [0.15, 0.2) is 5.11 Å². The van der Waals surface area contributed by atoms with E-state index >= 15 is 0 Å². The number of benzene rings is 2. The van der Waals surface area contributed by atoms with Gasteiger partial charge in [0.05, 0.1) is 34.1 Å². The Hall–Kier alpha value is -3.17. The molecule has 2 bridgehead atoms. The normalized spacial score (nSPS) is 12.0. The lowest BCUT2D eigenvalue weighted by molar-refractivity contribution is -0.137. The first-order valence-corrected chi connectivity index (χ1v) is 7.56. The van der Waals surface area contributed by atoms with Crippen molar-refractivity contribution in [3.63, 3.8) is 0 Å². The fraction of sp³-hybridized carbons (Fsp3) is 0.118. The molecule has 0 spiro atoms. The molecule has 0 saturated heterocycles. The van der Waals surface area contributed by atoms with Gasteiger partial charge in [-0.15, -0.1) is 0 Å². The number of hydrogen-bond donors (Lipinski definition) is 1. The second kappa shape index (κ2) is 6.28. The summed E-state index contributed by atoms with van der Waals surface area (Å²) in [5, 5.41) is 20.7. The maximum absolute atomic E-state index is 13.0. The van der Waals surface area contributed by atoms with Crippen LogP contribution in [0.4, 0.5) is 34.6 Å². The molecule has 0 unspecified atom stereocenters. The van der Waals surface area contributed by atoms with Crippen molar-refractivity contribution in [1.29, 1.82) is 10.5 Å². The molecule has 4 nitrogen and oxygen atoms in total. The fourth-order valence-corrected chi connectivity index (χ4v) is 2.96. The predicted octanol–water partition coefficient (Wildman–Crippen LogP) is 4.77. The van der Waals surface area contributed by atoms with Gasteiger partial charge in [-0.1, -0.05) is 0 Å². The standard InChI is InChI=1S/C17H8F4N4S/c18-6-10-3-12-5-15(13(10)8-23)25(12)16(26)24-11-2-1-9(7-22)14(4-11)17(19,20)21/h1-5H,6H2,(H,24,26). The van der Waals surface area contributed by atoms with Crippen LogP contribution in [0, 0.1) is 22.7 Å². The Morgan fingerprint density at radius 2 is 1.88 bits per heavy atom. The second-order valence-electron chi connectivity index (χ2n) is 5.38. The molecule has 4 rings (SSSR count). The van der Waals surface area contributed by atoms with Gasteiger partial charge in [-0.05, 0) is 42.5 Å². The van der Waals surface area contributed by atoms with Crippen LogP contribution in [0.5, 0.6) is 0 Å². The molecule has 2 heterocycles. The predicted molar refractivity (Wildman–Crippen MR) is 90.5 cm³/mol. The number of nitriles is 2. The van der Waals surface area contributed by atoms with Crippen LogP contribution in [0.25, 0.3) is 0 Å². The Kier molecular flexibility index (Phi) is 4.26. The molecule has 0 amide bonds. The minimum atomic E-state index is -4.69. The number of nitrogens with one attached hydrogen (secondary N) is 1. The highest BCUT2D eigenvalue weighted by atomic mass is 32.1. The smallest absolute Gasteiger partial charge is 0.332 e. The van der Waals surface area contributed by atoms with Gasteiger partial charge in [-0.2, -0.15) is 23.7 Å². The van der Waals surface area contributed by atoms with Gasteiger partial charge in [-0.25, -0.2) is 4.39 Å². The van der Waals surface area contributed by atoms with E-state index in [2.05, 4.69) is 5.32 Å². The van der Waals surface area contributed by atoms with Crippen molar-refractivity contribution in [2.45, 2.75) is 12.9 Å². The molecule has 9 heteroatoms. The molecule has 1 N–H and O–H groups in total. The Bertz CT molecular complexity index is 1000. The van der Waals surface area contributed by atoms with Crippen LogP contribution in [0.1, 0.15) is 22.3 Å². The SMILES string of the molecule is N#CC1=C(CF)C=C2C=C1N2C(=S)Nc1ccc(C#N)c(C(F)(F)F)c1. The molecule has 0 atom stereocenters. The highest BCUT2D eigenvalue weighted by Gasteiger charge is 2.34. The number of alkyl halides is 4. The third-order valence-electron chi connectivity index (χ3n) is 3.84. The summed E-state index contributed by atoms with van der Waals surface area (Å²) in [6.07, 6.45) is -4.69. The van der Waals surface area contributed by atoms with Gasteiger partial charge < -0.3 is 5.32 Å². The highest BCUT2D eigenvalue weighted by molar-refractivity contribution is 7.80. The van der Waals surface area contributed by atoms with Gasteiger partial charge in [0.1, 0.15) is 12.7 Å². The van der Waals surface area contributed by atoms with Crippen molar-refractivity contribution in [3.05, 3.63) is 52.6 Å². The fourth-order valence-electron chi connectivity index (χ4n) is 2.64. The molecule has 2 aliphatic heterocycles. The quantitative estimate of drug-likeness (QED) is 0.604. The average Bonchev–Trinajstić information content (AvgIpc) is 2.59. The summed E-state index contributed by atoms with van der Waals surface area (Å²) in [7, 11) is 0. The van der Waals surface area contributed by atoms with Crippen molar-refractivity contribution in [1.82, 2.24) is 0 Å². The molecule has 2 aromatic rings. The number of thiocarbonyl (C=S) groups is 1. The van der Waals surface area contributed by atoms with E-state index < -0.39 is 24.0 Å². The van der Waals surface area contributed by atoms with Gasteiger partial charge in [0, 0.05) is 11.3 Å². The van der Waals surface area contributed by atoms with Gasteiger partial charge in [-0.3, -0.25) is 4.90 Å². The van der Waals surface area contributed by atoms with E-state index in [-0.39, 0.29) is 21.9 Å². The van der Waals surface area contributed by atoms with Crippen LogP contribution in [0.3, 0.4) is 0 Å². The van der Waals surface area contributed by atoms with Crippen LogP contribution < -0.4 is 10.2 Å². The topological polar surface area (TPSA) is 62.9 Å². The lowest BCUT2D eigenvalue weighted by Gasteiger charge is -2.35. The zero-order valence-corrected chi connectivity index (χ0v) is 13.7. The third-order valence-corrected chi connectivity index (χ3v) is 4.12. The lowest BCUT2D eigenvalue weighted by Crippen LogP contribution is -2.36. The van der Waals surface area contributed by atoms with E-state index in [1.807, 2.05) is 6.07 Å². The molecular formula is C17H8F4N4S. The Labute approximate surface area is 150 Å². The maximum Gasteiger partial charge on any atom is 0.417 e. The first kappa shape index (κ1) is 17.6. The summed E-state index contributed by atoms with van der Waals surface area (Å²) in [6.45, 7) is -0.803. The van der Waals surface area contributed by atoms with Crippen LogP contribution in [-0.4, -0.2) is 5.11 Å². The summed E-state index contributed by atoms with van der Waals surface area (Å²) in [6, 6.07) is 9.62. The van der Waals surface area contributed by atoms with Gasteiger partial charge in [0.2, 0.25) is 0 Å². The Morgan fingerprint density at radius 3 is 2.46 bits per heavy atom. The van der Waals surface area contributed by atoms with E-state index in [0.29, 0.717) is 11.4 Å². The number of rotatable bonds is 2. The molecule has 0 aliphatic carbocycles. The Morgan fingerprint density at radius 1 is 1.15 bits per heavy atom. The van der Waals surface area contributed by atoms with E-state index in [0.717, 1.165) is 12.1 Å². The molecular weight excluding hydrogens is 368 g/mol. The molecule has 0 saturated carbocycles. The van der Waals surface area contributed by atoms with Crippen LogP contribution in [0.15, 0.2) is 30.3 Å². The number of nitrogens with zero attached hydrogens (tertiary/aromatic N) is 3. The van der Waals surface area contributed by atoms with Crippen molar-refractivity contribution < 1.29 is 17.6 Å². The minimum absolute atomic E-state index is 0.0391. The van der Waals surface area contributed by atoms with E-state index in [9.17, 15) is 17.6 Å². The summed E-state index contributed by atoms with van der Waals surface area (Å²) in [4.78, 5) is 1.44. The van der Waals surface area contributed by atoms with Crippen LogP contribution >= 0.6 is 12.2 Å². The monoisotopic (exact) mass is 376 g/mol. The minimum Gasteiger partial charge on any atom is -0.332 e. The molecule has 2 aromatic carbocycles. The molecule has 0 aromatic heterocycles. The molecule has 0 fully saturated rings. The summed E-state index contributed by atoms with van der Waals surface area (Å²) in [5.41, 5.74) is -0.247. The average molecular weight is 376 g/mol. The van der Waals surface area contributed by atoms with E-state index in [4.69, 9.17) is 22.7 Å². The zero-order valence-electron chi connectivity index (χ0n) is 12.9. The number of fused-ring (bicyclic) bond motifs is 2. The first-order valence-electron chi connectivity index (χ1n) is 7.15. The lowest BCUT2D eigenvalue weighted by atomic mass is 9.98. The Balaban J connectivity index is 1.88. The first-order chi connectivity index (χ1) is 12.3. The maximum atomic E-state index is 13.0. The molecule has 26 heavy (non-hydrogen) atoms. The van der Waals surface area contributed by atoms with Crippen molar-refractivity contribution in [2.24, 2.45) is 0 Å². The molecule has 130 valence electrons. The summed E-state index contributed by atoms with van der Waals surface area (Å²) in [5.74, 6) is 0. The number of halogens is 4. The van der Waals surface area contributed by atoms with Crippen LogP contribution in [0.2, 0.25) is 0 Å². The number of hydrogen-bond acceptors (Lipinski definition) is 3. The largest absolute Gasteiger partial charge is 0.417 e. The van der Waals surface area contributed by atoms with E-state index in [1.165, 1.54) is 23.1 Å². The van der Waals surface area contributed by atoms with Crippen molar-refractivity contribution >= 4 is 34.4 Å². The highest BCUT2D eigenvalue weighted by Crippen LogP contribution is 2.43. The van der Waals surface area contributed by atoms with Crippen molar-refractivity contribution in [2.75, 3.05) is 10.2 Å². The van der Waals surface area contributed by atoms with Crippen LogP contribution in [-0.2, 0) is 12.9 Å². The van der Waals surface area contributed by atoms with Gasteiger partial charge in [0.25, 0.3) is 0 Å². The zero-order chi connectivity index (χ0) is 19.1. The molecule has 0 radical (unpaired) electrons.